The molecule has 5 nitrogen and oxygen atoms in total. The van der Waals surface area contributed by atoms with E-state index in [1.165, 1.54) is 0 Å². The summed E-state index contributed by atoms with van der Waals surface area (Å²) in [5.41, 5.74) is 3.71. The molecule has 1 heterocycles. The maximum absolute atomic E-state index is 12.9. The Hall–Kier alpha value is -3.47. The highest BCUT2D eigenvalue weighted by Crippen LogP contribution is 2.47. The zero-order chi connectivity index (χ0) is 24.7. The van der Waals surface area contributed by atoms with Gasteiger partial charge in [0.05, 0.1) is 5.56 Å². The molecule has 3 aliphatic rings. The van der Waals surface area contributed by atoms with Gasteiger partial charge in [-0.3, -0.25) is 9.59 Å². The smallest absolute Gasteiger partial charge is 0.343 e. The van der Waals surface area contributed by atoms with E-state index in [4.69, 9.17) is 9.47 Å². The third-order valence-electron chi connectivity index (χ3n) is 7.05. The lowest BCUT2D eigenvalue weighted by Crippen LogP contribution is -2.30. The van der Waals surface area contributed by atoms with E-state index >= 15 is 0 Å². The third kappa shape index (κ3) is 4.47. The van der Waals surface area contributed by atoms with Gasteiger partial charge in [0.1, 0.15) is 17.3 Å². The molecule has 0 saturated heterocycles. The van der Waals surface area contributed by atoms with Gasteiger partial charge in [0.15, 0.2) is 11.6 Å². The molecule has 0 bridgehead atoms. The summed E-state index contributed by atoms with van der Waals surface area (Å²) in [6, 6.07) is 14.6. The van der Waals surface area contributed by atoms with Gasteiger partial charge in [0.25, 0.3) is 0 Å². The maximum Gasteiger partial charge on any atom is 0.343 e. The summed E-state index contributed by atoms with van der Waals surface area (Å²) in [4.78, 5) is 38.5. The van der Waals surface area contributed by atoms with Crippen LogP contribution in [0.3, 0.4) is 0 Å². The van der Waals surface area contributed by atoms with Crippen LogP contribution in [0.15, 0.2) is 71.2 Å². The molecule has 0 unspecified atom stereocenters. The van der Waals surface area contributed by atoms with Crippen LogP contribution < -0.4 is 4.74 Å². The number of ketones is 2. The largest absolute Gasteiger partial charge is 0.465 e. The minimum Gasteiger partial charge on any atom is -0.465 e. The maximum atomic E-state index is 12.9. The lowest BCUT2D eigenvalue weighted by atomic mass is 9.73. The molecule has 0 spiro atoms. The van der Waals surface area contributed by atoms with Crippen LogP contribution in [0.25, 0.3) is 0 Å². The molecule has 1 aliphatic heterocycles. The van der Waals surface area contributed by atoms with Gasteiger partial charge in [0.2, 0.25) is 0 Å². The summed E-state index contributed by atoms with van der Waals surface area (Å²) < 4.78 is 11.7. The SMILES string of the molecule is CC(C)(C)c1ccc(C(=O)Oc2ccc(C3C4=C(CCCC4=O)OC4=C3C(=O)CCC4)cc2)cc1. The van der Waals surface area contributed by atoms with Crippen LogP contribution in [-0.2, 0) is 19.7 Å². The molecule has 0 fully saturated rings. The quantitative estimate of drug-likeness (QED) is 0.387. The van der Waals surface area contributed by atoms with Crippen molar-refractivity contribution in [3.05, 3.63) is 87.9 Å². The van der Waals surface area contributed by atoms with E-state index in [1.54, 1.807) is 24.3 Å². The monoisotopic (exact) mass is 470 g/mol. The number of hydrogen-bond donors (Lipinski definition) is 0. The summed E-state index contributed by atoms with van der Waals surface area (Å²) in [7, 11) is 0. The van der Waals surface area contributed by atoms with Gasteiger partial charge in [-0.05, 0) is 53.6 Å². The Morgan fingerprint density at radius 2 is 1.34 bits per heavy atom. The van der Waals surface area contributed by atoms with Gasteiger partial charge >= 0.3 is 5.97 Å². The van der Waals surface area contributed by atoms with Crippen molar-refractivity contribution in [1.29, 1.82) is 0 Å². The van der Waals surface area contributed by atoms with Gasteiger partial charge in [-0.1, -0.05) is 45.0 Å². The van der Waals surface area contributed by atoms with E-state index < -0.39 is 11.9 Å². The molecule has 0 amide bonds. The highest BCUT2D eigenvalue weighted by molar-refractivity contribution is 6.05. The fourth-order valence-electron chi connectivity index (χ4n) is 5.15. The molecule has 0 radical (unpaired) electrons. The minimum absolute atomic E-state index is 0.00642. The van der Waals surface area contributed by atoms with Crippen LogP contribution in [0.1, 0.15) is 86.7 Å². The Morgan fingerprint density at radius 3 is 1.86 bits per heavy atom. The molecule has 180 valence electrons. The van der Waals surface area contributed by atoms with E-state index in [-0.39, 0.29) is 17.0 Å². The van der Waals surface area contributed by atoms with Crippen LogP contribution in [-0.4, -0.2) is 17.5 Å². The second-order valence-electron chi connectivity index (χ2n) is 10.5. The first kappa shape index (κ1) is 23.3. The summed E-state index contributed by atoms with van der Waals surface area (Å²) >= 11 is 0. The second-order valence-corrected chi connectivity index (χ2v) is 10.5. The highest BCUT2D eigenvalue weighted by atomic mass is 16.5. The number of hydrogen-bond acceptors (Lipinski definition) is 5. The molecule has 0 N–H and O–H groups in total. The van der Waals surface area contributed by atoms with E-state index in [1.807, 2.05) is 24.3 Å². The molecule has 0 aromatic heterocycles. The fourth-order valence-corrected chi connectivity index (χ4v) is 5.15. The van der Waals surface area contributed by atoms with E-state index in [9.17, 15) is 14.4 Å². The Bertz CT molecular complexity index is 1210. The molecular weight excluding hydrogens is 440 g/mol. The van der Waals surface area contributed by atoms with Gasteiger partial charge in [-0.15, -0.1) is 0 Å². The van der Waals surface area contributed by atoms with E-state index in [2.05, 4.69) is 20.8 Å². The first-order valence-corrected chi connectivity index (χ1v) is 12.4. The lowest BCUT2D eigenvalue weighted by Gasteiger charge is -2.36. The van der Waals surface area contributed by atoms with Crippen molar-refractivity contribution in [3.8, 4) is 5.75 Å². The number of carbonyl (C=O) groups is 3. The van der Waals surface area contributed by atoms with Crippen molar-refractivity contribution < 1.29 is 23.9 Å². The Balaban J connectivity index is 1.41. The van der Waals surface area contributed by atoms with Crippen LogP contribution in [0.4, 0.5) is 0 Å². The van der Waals surface area contributed by atoms with Crippen molar-refractivity contribution in [3.63, 3.8) is 0 Å². The van der Waals surface area contributed by atoms with Crippen molar-refractivity contribution in [2.24, 2.45) is 0 Å². The molecule has 2 aromatic rings. The second kappa shape index (κ2) is 8.95. The van der Waals surface area contributed by atoms with Crippen LogP contribution in [0, 0.1) is 0 Å². The first-order valence-electron chi connectivity index (χ1n) is 12.4. The number of allylic oxidation sites excluding steroid dienone is 4. The molecule has 2 aromatic carbocycles. The number of rotatable bonds is 3. The molecule has 0 saturated carbocycles. The predicted molar refractivity (Wildman–Crippen MR) is 132 cm³/mol. The van der Waals surface area contributed by atoms with Gasteiger partial charge in [-0.25, -0.2) is 4.79 Å². The highest BCUT2D eigenvalue weighted by Gasteiger charge is 2.41. The summed E-state index contributed by atoms with van der Waals surface area (Å²) in [5.74, 6) is 1.11. The zero-order valence-corrected chi connectivity index (χ0v) is 20.5. The summed E-state index contributed by atoms with van der Waals surface area (Å²) in [6.07, 6.45) is 3.91. The zero-order valence-electron chi connectivity index (χ0n) is 20.5. The number of carbonyl (C=O) groups excluding carboxylic acids is 3. The van der Waals surface area contributed by atoms with Crippen molar-refractivity contribution in [1.82, 2.24) is 0 Å². The van der Waals surface area contributed by atoms with Crippen molar-refractivity contribution >= 4 is 17.5 Å². The van der Waals surface area contributed by atoms with Crippen molar-refractivity contribution in [2.75, 3.05) is 0 Å². The lowest BCUT2D eigenvalue weighted by molar-refractivity contribution is -0.117. The third-order valence-corrected chi connectivity index (χ3v) is 7.05. The molecular formula is C30H30O5. The topological polar surface area (TPSA) is 69.7 Å². The van der Waals surface area contributed by atoms with Gasteiger partial charge in [0, 0.05) is 42.7 Å². The molecule has 0 atom stereocenters. The number of ether oxygens (including phenoxy) is 2. The summed E-state index contributed by atoms with van der Waals surface area (Å²) in [6.45, 7) is 6.38. The van der Waals surface area contributed by atoms with Crippen LogP contribution in [0.2, 0.25) is 0 Å². The molecule has 35 heavy (non-hydrogen) atoms. The minimum atomic E-state index is -0.427. The van der Waals surface area contributed by atoms with Crippen LogP contribution >= 0.6 is 0 Å². The van der Waals surface area contributed by atoms with Crippen LogP contribution in [0.5, 0.6) is 5.75 Å². The predicted octanol–water partition coefficient (Wildman–Crippen LogP) is 6.33. The van der Waals surface area contributed by atoms with Gasteiger partial charge < -0.3 is 9.47 Å². The number of Topliss-reactive ketones (excluding diaryl/α,β-unsaturated/α-hetero) is 2. The first-order chi connectivity index (χ1) is 16.7. The average molecular weight is 471 g/mol. The molecule has 5 heteroatoms. The fraction of sp³-hybridized carbons (Fsp3) is 0.367. The Kier molecular flexibility index (Phi) is 5.96. The Morgan fingerprint density at radius 1 is 0.800 bits per heavy atom. The number of benzene rings is 2. The molecule has 5 rings (SSSR count). The Labute approximate surface area is 205 Å². The standard InChI is InChI=1S/C30H30O5/c1-30(2,3)20-14-10-19(11-15-20)29(33)34-21-16-12-18(13-17-21)26-27-22(31)6-4-8-24(27)35-25-9-5-7-23(32)28(25)26/h10-17,26H,4-9H2,1-3H3. The van der Waals surface area contributed by atoms with E-state index in [0.29, 0.717) is 59.7 Å². The molecule has 2 aliphatic carbocycles. The van der Waals surface area contributed by atoms with Gasteiger partial charge in [-0.2, -0.15) is 0 Å². The average Bonchev–Trinajstić information content (AvgIpc) is 2.83. The number of esters is 1. The van der Waals surface area contributed by atoms with Crippen molar-refractivity contribution in [2.45, 2.75) is 70.6 Å². The summed E-state index contributed by atoms with van der Waals surface area (Å²) in [5, 5.41) is 0. The normalized spacial score (nSPS) is 18.7. The van der Waals surface area contributed by atoms with E-state index in [0.717, 1.165) is 24.0 Å².